The number of halogens is 3. The topological polar surface area (TPSA) is 38.3 Å². The quantitative estimate of drug-likeness (QED) is 0.512. The van der Waals surface area contributed by atoms with Gasteiger partial charge >= 0.3 is 6.09 Å². The van der Waals surface area contributed by atoms with Crippen LogP contribution in [-0.2, 0) is 4.74 Å². The lowest BCUT2D eigenvalue weighted by atomic mass is 10.4. The van der Waals surface area contributed by atoms with Crippen molar-refractivity contribution in [2.24, 2.45) is 0 Å². The first-order chi connectivity index (χ1) is 4.45. The van der Waals surface area contributed by atoms with Gasteiger partial charge < -0.3 is 9.96 Å². The van der Waals surface area contributed by atoms with Crippen LogP contribution in [0.1, 0.15) is 0 Å². The van der Waals surface area contributed by atoms with Crippen molar-refractivity contribution in [1.82, 2.24) is 5.23 Å². The molecule has 0 aromatic heterocycles. The van der Waals surface area contributed by atoms with E-state index in [0.29, 0.717) is 0 Å². The number of ether oxygens (including phenoxy) is 1. The summed E-state index contributed by atoms with van der Waals surface area (Å²) >= 11 is 15.7. The van der Waals surface area contributed by atoms with Crippen molar-refractivity contribution in [3.05, 3.63) is 0 Å². The van der Waals surface area contributed by atoms with Crippen molar-refractivity contribution in [3.8, 4) is 0 Å². The number of amides is 1. The van der Waals surface area contributed by atoms with Crippen LogP contribution in [0.15, 0.2) is 0 Å². The zero-order chi connectivity index (χ0) is 8.20. The highest BCUT2D eigenvalue weighted by Gasteiger charge is 2.21. The molecule has 0 spiro atoms. The summed E-state index contributed by atoms with van der Waals surface area (Å²) in [6, 6.07) is 0. The van der Waals surface area contributed by atoms with Gasteiger partial charge in [0.2, 0.25) is 11.8 Å². The van der Waals surface area contributed by atoms with Crippen LogP contribution in [0, 0.1) is 0 Å². The molecule has 56 valence electrons. The Morgan fingerprint density at radius 2 is 2.10 bits per heavy atom. The van der Waals surface area contributed by atoms with E-state index in [2.05, 4.69) is 12.7 Å². The van der Waals surface area contributed by atoms with Gasteiger partial charge in [0.15, 0.2) is 0 Å². The maximum Gasteiger partial charge on any atom is 0.394 e. The van der Waals surface area contributed by atoms with E-state index >= 15 is 0 Å². The van der Waals surface area contributed by atoms with Crippen LogP contribution in [0.5, 0.6) is 0 Å². The molecule has 2 radical (unpaired) electrons. The van der Waals surface area contributed by atoms with Gasteiger partial charge in [-0.1, -0.05) is 34.8 Å². The van der Waals surface area contributed by atoms with Gasteiger partial charge in [0, 0.05) is 0 Å². The molecule has 7 heteroatoms. The van der Waals surface area contributed by atoms with E-state index in [4.69, 9.17) is 34.8 Å². The number of rotatable bonds is 1. The van der Waals surface area contributed by atoms with Gasteiger partial charge in [-0.05, 0) is 0 Å². The molecule has 0 aliphatic carbocycles. The predicted octanol–water partition coefficient (Wildman–Crippen LogP) is 1.17. The molecule has 0 aromatic rings. The summed E-state index contributed by atoms with van der Waals surface area (Å²) in [6.45, 7) is -0.333. The van der Waals surface area contributed by atoms with Crippen LogP contribution in [0.2, 0.25) is 0 Å². The van der Waals surface area contributed by atoms with Crippen molar-refractivity contribution in [1.29, 1.82) is 0 Å². The molecule has 0 saturated heterocycles. The van der Waals surface area contributed by atoms with Crippen LogP contribution in [0.3, 0.4) is 0 Å². The Bertz CT molecular complexity index is 125. The highest BCUT2D eigenvalue weighted by molar-refractivity contribution is 6.67. The molecule has 0 bridgehead atoms. The standard InChI is InChI=1S/C3H3BCl3NO2/c4-8-2(9)10-1-3(5,6)7/h1H2,(H,8,9). The third-order valence-electron chi connectivity index (χ3n) is 0.485. The fourth-order valence-corrected chi connectivity index (χ4v) is 0.353. The lowest BCUT2D eigenvalue weighted by Crippen LogP contribution is -2.25. The average molecular weight is 202 g/mol. The van der Waals surface area contributed by atoms with Gasteiger partial charge in [-0.3, -0.25) is 0 Å². The second kappa shape index (κ2) is 4.16. The van der Waals surface area contributed by atoms with Crippen molar-refractivity contribution in [2.45, 2.75) is 3.79 Å². The molecule has 0 aliphatic rings. The SMILES string of the molecule is [B]NC(=O)OCC(Cl)(Cl)Cl. The molecule has 0 heterocycles. The van der Waals surface area contributed by atoms with E-state index in [1.807, 2.05) is 0 Å². The molecule has 0 fully saturated rings. The Morgan fingerprint density at radius 3 is 2.40 bits per heavy atom. The summed E-state index contributed by atoms with van der Waals surface area (Å²) in [5.74, 6) is 0. The molecule has 1 N–H and O–H groups in total. The second-order valence-electron chi connectivity index (χ2n) is 1.34. The molecule has 10 heavy (non-hydrogen) atoms. The Morgan fingerprint density at radius 1 is 1.60 bits per heavy atom. The number of hydrogen-bond donors (Lipinski definition) is 1. The minimum atomic E-state index is -1.59. The fraction of sp³-hybridized carbons (Fsp3) is 0.667. The maximum atomic E-state index is 10.2. The summed E-state index contributed by atoms with van der Waals surface area (Å²) in [6.07, 6.45) is -0.841. The lowest BCUT2D eigenvalue weighted by molar-refractivity contribution is 0.155. The van der Waals surface area contributed by atoms with Gasteiger partial charge in [-0.15, -0.1) is 0 Å². The van der Waals surface area contributed by atoms with E-state index in [-0.39, 0.29) is 6.61 Å². The molecule has 0 saturated carbocycles. The highest BCUT2D eigenvalue weighted by Crippen LogP contribution is 2.25. The molecular formula is C3H3BCl3NO2. The first kappa shape index (κ1) is 10.2. The van der Waals surface area contributed by atoms with Crippen molar-refractivity contribution < 1.29 is 9.53 Å². The largest absolute Gasteiger partial charge is 0.446 e. The molecule has 0 rings (SSSR count). The zero-order valence-electron chi connectivity index (χ0n) is 4.73. The third kappa shape index (κ3) is 6.33. The average Bonchev–Trinajstić information content (AvgIpc) is 1.81. The summed E-state index contributed by atoms with van der Waals surface area (Å²) < 4.78 is 2.69. The fourth-order valence-electron chi connectivity index (χ4n) is 0.189. The van der Waals surface area contributed by atoms with E-state index in [0.717, 1.165) is 0 Å². The van der Waals surface area contributed by atoms with Gasteiger partial charge in [0.05, 0.1) is 0 Å². The van der Waals surface area contributed by atoms with Crippen molar-refractivity contribution in [2.75, 3.05) is 6.61 Å². The highest BCUT2D eigenvalue weighted by atomic mass is 35.6. The van der Waals surface area contributed by atoms with Gasteiger partial charge in [0.1, 0.15) is 6.61 Å². The number of nitrogens with one attached hydrogen (secondary N) is 1. The zero-order valence-corrected chi connectivity index (χ0v) is 7.00. The van der Waals surface area contributed by atoms with E-state index in [1.165, 1.54) is 0 Å². The summed E-state index contributed by atoms with van der Waals surface area (Å²) in [5.41, 5.74) is 0. The minimum absolute atomic E-state index is 0.333. The third-order valence-corrected chi connectivity index (χ3v) is 0.812. The van der Waals surface area contributed by atoms with Crippen LogP contribution in [0.25, 0.3) is 0 Å². The molecule has 0 atom stereocenters. The van der Waals surface area contributed by atoms with E-state index in [1.54, 1.807) is 5.23 Å². The van der Waals surface area contributed by atoms with Crippen molar-refractivity contribution in [3.63, 3.8) is 0 Å². The maximum absolute atomic E-state index is 10.2. The molecule has 0 unspecified atom stereocenters. The summed E-state index contributed by atoms with van der Waals surface area (Å²) in [7, 11) is 4.65. The Hall–Kier alpha value is 0.205. The molecule has 0 aliphatic heterocycles. The van der Waals surface area contributed by atoms with E-state index < -0.39 is 9.89 Å². The van der Waals surface area contributed by atoms with Gasteiger partial charge in [-0.25, -0.2) is 4.79 Å². The normalized spacial score (nSPS) is 10.7. The number of carbonyl (C=O) groups is 1. The minimum Gasteiger partial charge on any atom is -0.446 e. The number of alkyl halides is 3. The van der Waals surface area contributed by atoms with Crippen LogP contribution >= 0.6 is 34.8 Å². The van der Waals surface area contributed by atoms with Crippen molar-refractivity contribution >= 4 is 48.9 Å². The molecular weight excluding hydrogens is 199 g/mol. The Labute approximate surface area is 74.4 Å². The predicted molar refractivity (Wildman–Crippen MR) is 40.5 cm³/mol. The van der Waals surface area contributed by atoms with Crippen LogP contribution in [0.4, 0.5) is 4.79 Å². The Kier molecular flexibility index (Phi) is 4.25. The van der Waals surface area contributed by atoms with Gasteiger partial charge in [-0.2, -0.15) is 0 Å². The van der Waals surface area contributed by atoms with Crippen LogP contribution in [-0.4, -0.2) is 24.5 Å². The lowest BCUT2D eigenvalue weighted by Gasteiger charge is -2.10. The molecule has 0 aromatic carbocycles. The monoisotopic (exact) mass is 201 g/mol. The molecule has 3 nitrogen and oxygen atoms in total. The summed E-state index contributed by atoms with van der Waals surface area (Å²) in [5, 5.41) is 1.70. The summed E-state index contributed by atoms with van der Waals surface area (Å²) in [4.78, 5) is 10.2. The van der Waals surface area contributed by atoms with Gasteiger partial charge in [0.25, 0.3) is 0 Å². The first-order valence-corrected chi connectivity index (χ1v) is 3.29. The second-order valence-corrected chi connectivity index (χ2v) is 3.85. The Balaban J connectivity index is 3.46. The van der Waals surface area contributed by atoms with E-state index in [9.17, 15) is 4.79 Å². The number of hydrogen-bond acceptors (Lipinski definition) is 2. The smallest absolute Gasteiger partial charge is 0.394 e. The number of carbonyl (C=O) groups excluding carboxylic acids is 1. The first-order valence-electron chi connectivity index (χ1n) is 2.16. The van der Waals surface area contributed by atoms with Crippen LogP contribution < -0.4 is 5.23 Å². The molecule has 1 amide bonds.